The van der Waals surface area contributed by atoms with Gasteiger partial charge in [0.05, 0.1) is 13.7 Å². The van der Waals surface area contributed by atoms with Crippen LogP contribution in [0.1, 0.15) is 38.3 Å². The van der Waals surface area contributed by atoms with E-state index in [4.69, 9.17) is 14.5 Å². The summed E-state index contributed by atoms with van der Waals surface area (Å²) in [6.07, 6.45) is 2.19. The number of aryl methyl sites for hydroxylation is 1. The van der Waals surface area contributed by atoms with Crippen LogP contribution in [0.4, 0.5) is 5.82 Å². The number of hydrogen-bond acceptors (Lipinski definition) is 5. The number of rotatable bonds is 10. The van der Waals surface area contributed by atoms with Gasteiger partial charge in [0.15, 0.2) is 0 Å². The molecule has 3 aromatic carbocycles. The second-order valence-corrected chi connectivity index (χ2v) is 11.8. The summed E-state index contributed by atoms with van der Waals surface area (Å²) in [5.74, 6) is 2.40. The fourth-order valence-corrected chi connectivity index (χ4v) is 4.66. The highest BCUT2D eigenvalue weighted by Gasteiger charge is 2.25. The first kappa shape index (κ1) is 29.1. The fourth-order valence-electron chi connectivity index (χ4n) is 4.66. The summed E-state index contributed by atoms with van der Waals surface area (Å²) < 4.78 is 11.4. The lowest BCUT2D eigenvalue weighted by molar-refractivity contribution is -0.120. The quantitative estimate of drug-likeness (QED) is 0.215. The Morgan fingerprint density at radius 3 is 2.30 bits per heavy atom. The van der Waals surface area contributed by atoms with Gasteiger partial charge in [-0.2, -0.15) is 0 Å². The maximum absolute atomic E-state index is 13.7. The molecular weight excluding hydrogens is 498 g/mol. The largest absolute Gasteiger partial charge is 0.496 e. The van der Waals surface area contributed by atoms with E-state index in [1.54, 1.807) is 13.3 Å². The lowest BCUT2D eigenvalue weighted by atomic mass is 9.91. The smallest absolute Gasteiger partial charge is 0.229 e. The molecule has 1 aromatic heterocycles. The second-order valence-electron chi connectivity index (χ2n) is 11.8. The predicted molar refractivity (Wildman–Crippen MR) is 164 cm³/mol. The van der Waals surface area contributed by atoms with Crippen LogP contribution in [0.2, 0.25) is 0 Å². The van der Waals surface area contributed by atoms with Crippen LogP contribution >= 0.6 is 0 Å². The van der Waals surface area contributed by atoms with Crippen LogP contribution in [0.3, 0.4) is 0 Å². The molecule has 0 aliphatic heterocycles. The molecule has 1 heterocycles. The molecule has 40 heavy (non-hydrogen) atoms. The van der Waals surface area contributed by atoms with E-state index in [0.717, 1.165) is 51.1 Å². The molecule has 0 unspecified atom stereocenters. The average Bonchev–Trinajstić information content (AvgIpc) is 2.90. The molecule has 0 atom stereocenters. The molecule has 0 radical (unpaired) electrons. The van der Waals surface area contributed by atoms with Gasteiger partial charge in [0, 0.05) is 24.5 Å². The minimum atomic E-state index is -0.149. The Kier molecular flexibility index (Phi) is 9.10. The lowest BCUT2D eigenvalue weighted by Gasteiger charge is -2.27. The van der Waals surface area contributed by atoms with Crippen LogP contribution in [0.5, 0.6) is 11.5 Å². The van der Waals surface area contributed by atoms with Crippen LogP contribution in [0.15, 0.2) is 72.9 Å². The van der Waals surface area contributed by atoms with Crippen LogP contribution in [-0.2, 0) is 11.3 Å². The Bertz CT molecular complexity index is 1460. The number of carbonyl (C=O) groups excluding carboxylic acids is 1. The van der Waals surface area contributed by atoms with E-state index in [1.165, 1.54) is 0 Å². The van der Waals surface area contributed by atoms with Crippen LogP contribution in [0, 0.1) is 12.3 Å². The standard InChI is InChI=1S/C34H41N3O3/c1-24-20-27(12-15-31(24)39-7)26-10-8-25(9-11-26)23-37(32(38)22-34(2,3)4)33-30-14-13-29(40-19-18-36(5)6)21-28(30)16-17-35-33/h8-17,20-21H,18-19,22-23H2,1-7H3. The zero-order valence-electron chi connectivity index (χ0n) is 24.8. The van der Waals surface area contributed by atoms with Crippen LogP contribution in [0.25, 0.3) is 21.9 Å². The van der Waals surface area contributed by atoms with E-state index >= 15 is 0 Å². The number of ether oxygens (including phenoxy) is 2. The third-order valence-electron chi connectivity index (χ3n) is 6.78. The van der Waals surface area contributed by atoms with Gasteiger partial charge < -0.3 is 14.4 Å². The van der Waals surface area contributed by atoms with Gasteiger partial charge in [-0.1, -0.05) is 51.1 Å². The normalized spacial score (nSPS) is 11.6. The molecule has 0 saturated carbocycles. The summed E-state index contributed by atoms with van der Waals surface area (Å²) in [5.41, 5.74) is 4.23. The fraction of sp³-hybridized carbons (Fsp3) is 0.353. The summed E-state index contributed by atoms with van der Waals surface area (Å²) in [5, 5.41) is 1.92. The second kappa shape index (κ2) is 12.5. The lowest BCUT2D eigenvalue weighted by Crippen LogP contribution is -2.34. The topological polar surface area (TPSA) is 54.9 Å². The molecule has 0 bridgehead atoms. The number of nitrogens with zero attached hydrogens (tertiary/aromatic N) is 3. The SMILES string of the molecule is COc1ccc(-c2ccc(CN(C(=O)CC(C)(C)C)c3nccc4cc(OCCN(C)C)ccc34)cc2)cc1C. The molecule has 210 valence electrons. The maximum atomic E-state index is 13.7. The van der Waals surface area contributed by atoms with E-state index in [0.29, 0.717) is 25.4 Å². The zero-order valence-corrected chi connectivity index (χ0v) is 24.8. The van der Waals surface area contributed by atoms with Crippen molar-refractivity contribution in [1.29, 1.82) is 0 Å². The van der Waals surface area contributed by atoms with Gasteiger partial charge in [-0.3, -0.25) is 9.69 Å². The van der Waals surface area contributed by atoms with Gasteiger partial charge in [0.25, 0.3) is 0 Å². The van der Waals surface area contributed by atoms with Gasteiger partial charge in [-0.05, 0) is 90.5 Å². The number of aromatic nitrogens is 1. The number of amides is 1. The number of carbonyl (C=O) groups is 1. The number of benzene rings is 3. The van der Waals surface area contributed by atoms with Crippen molar-refractivity contribution in [1.82, 2.24) is 9.88 Å². The first-order valence-electron chi connectivity index (χ1n) is 13.7. The van der Waals surface area contributed by atoms with E-state index in [-0.39, 0.29) is 11.3 Å². The van der Waals surface area contributed by atoms with Crippen molar-refractivity contribution in [3.05, 3.63) is 84.1 Å². The van der Waals surface area contributed by atoms with Crippen LogP contribution < -0.4 is 14.4 Å². The van der Waals surface area contributed by atoms with Gasteiger partial charge in [0.2, 0.25) is 5.91 Å². The van der Waals surface area contributed by atoms with Gasteiger partial charge in [0.1, 0.15) is 23.9 Å². The highest BCUT2D eigenvalue weighted by Crippen LogP contribution is 2.32. The first-order valence-corrected chi connectivity index (χ1v) is 13.7. The molecular formula is C34H41N3O3. The van der Waals surface area contributed by atoms with Crippen molar-refractivity contribution in [3.8, 4) is 22.6 Å². The van der Waals surface area contributed by atoms with Gasteiger partial charge in [-0.15, -0.1) is 0 Å². The number of hydrogen-bond donors (Lipinski definition) is 0. The minimum absolute atomic E-state index is 0.0497. The first-order chi connectivity index (χ1) is 19.0. The number of pyridine rings is 1. The Labute approximate surface area is 238 Å². The molecule has 0 aliphatic carbocycles. The van der Waals surface area contributed by atoms with E-state index in [2.05, 4.69) is 62.1 Å². The Morgan fingerprint density at radius 2 is 1.65 bits per heavy atom. The minimum Gasteiger partial charge on any atom is -0.496 e. The van der Waals surface area contributed by atoms with E-state index in [9.17, 15) is 4.79 Å². The van der Waals surface area contributed by atoms with Crippen molar-refractivity contribution in [3.63, 3.8) is 0 Å². The molecule has 0 saturated heterocycles. The van der Waals surface area contributed by atoms with Crippen molar-refractivity contribution >= 4 is 22.5 Å². The predicted octanol–water partition coefficient (Wildman–Crippen LogP) is 7.13. The summed E-state index contributed by atoms with van der Waals surface area (Å²) in [4.78, 5) is 22.3. The van der Waals surface area contributed by atoms with Crippen molar-refractivity contribution in [2.24, 2.45) is 5.41 Å². The summed E-state index contributed by atoms with van der Waals surface area (Å²) in [6.45, 7) is 10.2. The molecule has 1 amide bonds. The summed E-state index contributed by atoms with van der Waals surface area (Å²) in [6, 6.07) is 22.6. The van der Waals surface area contributed by atoms with E-state index in [1.807, 2.05) is 56.3 Å². The molecule has 0 spiro atoms. The number of likely N-dealkylation sites (N-methyl/N-ethyl adjacent to an activating group) is 1. The molecule has 0 N–H and O–H groups in total. The molecule has 4 rings (SSSR count). The third-order valence-corrected chi connectivity index (χ3v) is 6.78. The van der Waals surface area contributed by atoms with Gasteiger partial charge >= 0.3 is 0 Å². The third kappa shape index (κ3) is 7.39. The molecule has 4 aromatic rings. The molecule has 6 heteroatoms. The summed E-state index contributed by atoms with van der Waals surface area (Å²) in [7, 11) is 5.74. The average molecular weight is 540 g/mol. The van der Waals surface area contributed by atoms with Crippen LogP contribution in [-0.4, -0.2) is 50.1 Å². The Morgan fingerprint density at radius 1 is 0.925 bits per heavy atom. The molecule has 0 aliphatic rings. The van der Waals surface area contributed by atoms with Crippen molar-refractivity contribution in [2.45, 2.75) is 40.7 Å². The Hall–Kier alpha value is -3.90. The van der Waals surface area contributed by atoms with E-state index < -0.39 is 0 Å². The number of methoxy groups -OCH3 is 1. The number of anilines is 1. The maximum Gasteiger partial charge on any atom is 0.229 e. The molecule has 6 nitrogen and oxygen atoms in total. The summed E-state index contributed by atoms with van der Waals surface area (Å²) >= 11 is 0. The highest BCUT2D eigenvalue weighted by molar-refractivity contribution is 6.02. The molecule has 0 fully saturated rings. The monoisotopic (exact) mass is 539 g/mol. The zero-order chi connectivity index (χ0) is 28.9. The van der Waals surface area contributed by atoms with Crippen molar-refractivity contribution in [2.75, 3.05) is 39.3 Å². The van der Waals surface area contributed by atoms with Crippen molar-refractivity contribution < 1.29 is 14.3 Å². The highest BCUT2D eigenvalue weighted by atomic mass is 16.5. The van der Waals surface area contributed by atoms with Gasteiger partial charge in [-0.25, -0.2) is 4.98 Å². The number of fused-ring (bicyclic) bond motifs is 1. The Balaban J connectivity index is 1.64.